The van der Waals surface area contributed by atoms with Crippen molar-refractivity contribution < 1.29 is 22.7 Å². The van der Waals surface area contributed by atoms with Crippen LogP contribution in [0.2, 0.25) is 5.02 Å². The second-order valence-corrected chi connectivity index (χ2v) is 6.61. The molecule has 10 heteroatoms. The standard InChI is InChI=1S/C18H16ClF3N4O2/c1-9-15-13(18(20,21)22)8-14(24-16(15)26(3)25-9)28-10(2)17(27)23-12-6-4-5-11(19)7-12/h4-8,10H,1-3H3,(H,23,27). The quantitative estimate of drug-likeness (QED) is 0.691. The summed E-state index contributed by atoms with van der Waals surface area (Å²) in [4.78, 5) is 16.4. The van der Waals surface area contributed by atoms with Crippen LogP contribution in [0.25, 0.3) is 11.0 Å². The molecule has 6 nitrogen and oxygen atoms in total. The molecule has 2 aromatic heterocycles. The first-order chi connectivity index (χ1) is 13.1. The number of aromatic nitrogens is 3. The summed E-state index contributed by atoms with van der Waals surface area (Å²) in [5, 5.41) is 6.91. The molecule has 2 heterocycles. The van der Waals surface area contributed by atoms with Gasteiger partial charge in [-0.15, -0.1) is 0 Å². The lowest BCUT2D eigenvalue weighted by atomic mass is 10.1. The number of fused-ring (bicyclic) bond motifs is 1. The van der Waals surface area contributed by atoms with E-state index in [1.54, 1.807) is 18.2 Å². The van der Waals surface area contributed by atoms with Crippen molar-refractivity contribution >= 4 is 34.2 Å². The van der Waals surface area contributed by atoms with Crippen LogP contribution in [0.1, 0.15) is 18.2 Å². The van der Waals surface area contributed by atoms with Crippen molar-refractivity contribution in [1.29, 1.82) is 0 Å². The summed E-state index contributed by atoms with van der Waals surface area (Å²) in [6.07, 6.45) is -5.72. The van der Waals surface area contributed by atoms with Gasteiger partial charge in [-0.05, 0) is 32.0 Å². The molecule has 3 aromatic rings. The van der Waals surface area contributed by atoms with Gasteiger partial charge in [-0.2, -0.15) is 23.3 Å². The monoisotopic (exact) mass is 412 g/mol. The molecule has 1 N–H and O–H groups in total. The summed E-state index contributed by atoms with van der Waals surface area (Å²) in [5.41, 5.74) is -0.254. The van der Waals surface area contributed by atoms with Crippen molar-refractivity contribution in [3.05, 3.63) is 46.6 Å². The Labute approximate surface area is 163 Å². The number of carbonyl (C=O) groups is 1. The summed E-state index contributed by atoms with van der Waals surface area (Å²) in [5.74, 6) is -0.879. The van der Waals surface area contributed by atoms with Crippen LogP contribution in [0.4, 0.5) is 18.9 Å². The molecule has 0 aliphatic rings. The Morgan fingerprint density at radius 1 is 1.32 bits per heavy atom. The Balaban J connectivity index is 1.89. The third kappa shape index (κ3) is 4.04. The summed E-state index contributed by atoms with van der Waals surface area (Å²) < 4.78 is 47.1. The minimum absolute atomic E-state index is 0.0183. The first kappa shape index (κ1) is 19.9. The number of nitrogens with zero attached hydrogens (tertiary/aromatic N) is 3. The van der Waals surface area contributed by atoms with Gasteiger partial charge in [0.05, 0.1) is 16.6 Å². The molecule has 28 heavy (non-hydrogen) atoms. The van der Waals surface area contributed by atoms with Crippen molar-refractivity contribution in [1.82, 2.24) is 14.8 Å². The van der Waals surface area contributed by atoms with E-state index >= 15 is 0 Å². The molecule has 0 aliphatic carbocycles. The van der Waals surface area contributed by atoms with Crippen LogP contribution in [0, 0.1) is 6.92 Å². The number of amides is 1. The highest BCUT2D eigenvalue weighted by molar-refractivity contribution is 6.30. The van der Waals surface area contributed by atoms with Gasteiger partial charge in [0.25, 0.3) is 5.91 Å². The van der Waals surface area contributed by atoms with Crippen molar-refractivity contribution in [2.24, 2.45) is 7.05 Å². The van der Waals surface area contributed by atoms with E-state index in [4.69, 9.17) is 16.3 Å². The fourth-order valence-corrected chi connectivity index (χ4v) is 2.94. The van der Waals surface area contributed by atoms with Crippen LogP contribution in [-0.4, -0.2) is 26.8 Å². The highest BCUT2D eigenvalue weighted by Crippen LogP contribution is 2.37. The Kier molecular flexibility index (Phi) is 5.20. The zero-order valence-corrected chi connectivity index (χ0v) is 15.9. The molecule has 3 rings (SSSR count). The normalized spacial score (nSPS) is 12.8. The summed E-state index contributed by atoms with van der Waals surface area (Å²) in [7, 11) is 1.49. The first-order valence-electron chi connectivity index (χ1n) is 8.21. The summed E-state index contributed by atoms with van der Waals surface area (Å²) in [6, 6.07) is 7.24. The maximum atomic E-state index is 13.5. The maximum absolute atomic E-state index is 13.5. The third-order valence-corrected chi connectivity index (χ3v) is 4.24. The molecule has 0 saturated heterocycles. The number of pyridine rings is 1. The topological polar surface area (TPSA) is 69.0 Å². The predicted molar refractivity (Wildman–Crippen MR) is 98.4 cm³/mol. The van der Waals surface area contributed by atoms with Crippen LogP contribution in [-0.2, 0) is 18.0 Å². The van der Waals surface area contributed by atoms with Gasteiger partial charge in [0.2, 0.25) is 5.88 Å². The van der Waals surface area contributed by atoms with Crippen molar-refractivity contribution in [2.45, 2.75) is 26.1 Å². The number of carbonyl (C=O) groups excluding carboxylic acids is 1. The van der Waals surface area contributed by atoms with Gasteiger partial charge in [0, 0.05) is 23.8 Å². The number of anilines is 1. The van der Waals surface area contributed by atoms with Crippen molar-refractivity contribution in [3.8, 4) is 5.88 Å². The second kappa shape index (κ2) is 7.31. The highest BCUT2D eigenvalue weighted by Gasteiger charge is 2.36. The molecule has 0 spiro atoms. The van der Waals surface area contributed by atoms with Crippen molar-refractivity contribution in [3.63, 3.8) is 0 Å². The van der Waals surface area contributed by atoms with E-state index in [1.165, 1.54) is 31.6 Å². The molecule has 148 valence electrons. The van der Waals surface area contributed by atoms with E-state index in [0.717, 1.165) is 6.07 Å². The average molecular weight is 413 g/mol. The lowest BCUT2D eigenvalue weighted by Gasteiger charge is -2.16. The van der Waals surface area contributed by atoms with Gasteiger partial charge in [-0.3, -0.25) is 9.48 Å². The van der Waals surface area contributed by atoms with E-state index in [1.807, 2.05) is 0 Å². The van der Waals surface area contributed by atoms with Gasteiger partial charge < -0.3 is 10.1 Å². The number of rotatable bonds is 4. The lowest BCUT2D eigenvalue weighted by molar-refractivity contribution is -0.136. The highest BCUT2D eigenvalue weighted by atomic mass is 35.5. The first-order valence-corrected chi connectivity index (χ1v) is 8.58. The Morgan fingerprint density at radius 2 is 2.04 bits per heavy atom. The van der Waals surface area contributed by atoms with E-state index < -0.39 is 23.8 Å². The number of ether oxygens (including phenoxy) is 1. The Bertz CT molecular complexity index is 1050. The fourth-order valence-electron chi connectivity index (χ4n) is 2.75. The second-order valence-electron chi connectivity index (χ2n) is 6.17. The molecule has 1 unspecified atom stereocenters. The zero-order valence-electron chi connectivity index (χ0n) is 15.1. The molecule has 0 fully saturated rings. The third-order valence-electron chi connectivity index (χ3n) is 4.01. The largest absolute Gasteiger partial charge is 0.464 e. The zero-order chi connectivity index (χ0) is 20.6. The number of hydrogen-bond donors (Lipinski definition) is 1. The number of aryl methyl sites for hydroxylation is 2. The number of hydrogen-bond acceptors (Lipinski definition) is 4. The smallest absolute Gasteiger partial charge is 0.417 e. The number of nitrogens with one attached hydrogen (secondary N) is 1. The van der Waals surface area contributed by atoms with E-state index in [9.17, 15) is 18.0 Å². The molecule has 1 aromatic carbocycles. The number of alkyl halides is 3. The van der Waals surface area contributed by atoms with E-state index in [0.29, 0.717) is 10.7 Å². The fraction of sp³-hybridized carbons (Fsp3) is 0.278. The molecule has 0 saturated carbocycles. The Morgan fingerprint density at radius 3 is 2.68 bits per heavy atom. The SMILES string of the molecule is Cc1nn(C)c2nc(OC(C)C(=O)Nc3cccc(Cl)c3)cc(C(F)(F)F)c12. The van der Waals surface area contributed by atoms with E-state index in [2.05, 4.69) is 15.4 Å². The van der Waals surface area contributed by atoms with Gasteiger partial charge in [-0.25, -0.2) is 0 Å². The van der Waals surface area contributed by atoms with Gasteiger partial charge >= 0.3 is 6.18 Å². The Hall–Kier alpha value is -2.81. The lowest BCUT2D eigenvalue weighted by Crippen LogP contribution is -2.30. The van der Waals surface area contributed by atoms with Crippen LogP contribution in [0.15, 0.2) is 30.3 Å². The molecule has 1 atom stereocenters. The van der Waals surface area contributed by atoms with E-state index in [-0.39, 0.29) is 22.6 Å². The van der Waals surface area contributed by atoms with Gasteiger partial charge in [0.1, 0.15) is 0 Å². The van der Waals surface area contributed by atoms with Crippen molar-refractivity contribution in [2.75, 3.05) is 5.32 Å². The van der Waals surface area contributed by atoms with Crippen LogP contribution >= 0.6 is 11.6 Å². The molecule has 0 radical (unpaired) electrons. The minimum atomic E-state index is -4.63. The predicted octanol–water partition coefficient (Wildman–Crippen LogP) is 4.35. The molecule has 1 amide bonds. The van der Waals surface area contributed by atoms with Gasteiger partial charge in [0.15, 0.2) is 11.8 Å². The molecular formula is C18H16ClF3N4O2. The molecular weight excluding hydrogens is 397 g/mol. The number of benzene rings is 1. The minimum Gasteiger partial charge on any atom is -0.464 e. The van der Waals surface area contributed by atoms with Crippen LogP contribution in [0.5, 0.6) is 5.88 Å². The average Bonchev–Trinajstić information content (AvgIpc) is 2.87. The van der Waals surface area contributed by atoms with Crippen LogP contribution in [0.3, 0.4) is 0 Å². The maximum Gasteiger partial charge on any atom is 0.417 e. The van der Waals surface area contributed by atoms with Gasteiger partial charge in [-0.1, -0.05) is 17.7 Å². The summed E-state index contributed by atoms with van der Waals surface area (Å²) >= 11 is 5.86. The van der Waals surface area contributed by atoms with Crippen LogP contribution < -0.4 is 10.1 Å². The summed E-state index contributed by atoms with van der Waals surface area (Å²) in [6.45, 7) is 2.88. The number of halogens is 4. The molecule has 0 aliphatic heterocycles. The molecule has 0 bridgehead atoms.